The molecule has 20 heavy (non-hydrogen) atoms. The van der Waals surface area contributed by atoms with Crippen LogP contribution in [0.5, 0.6) is 0 Å². The van der Waals surface area contributed by atoms with Gasteiger partial charge < -0.3 is 20.8 Å². The van der Waals surface area contributed by atoms with E-state index in [-0.39, 0.29) is 18.8 Å². The third-order valence-corrected chi connectivity index (χ3v) is 3.47. The van der Waals surface area contributed by atoms with E-state index in [4.69, 9.17) is 10.2 Å². The maximum absolute atomic E-state index is 11.3. The van der Waals surface area contributed by atoms with Crippen LogP contribution in [-0.2, 0) is 19.6 Å². The lowest BCUT2D eigenvalue weighted by molar-refractivity contribution is -0.145. The molecule has 11 heteroatoms. The number of carbonyl (C=O) groups excluding carboxylic acids is 1. The van der Waals surface area contributed by atoms with Crippen LogP contribution in [0.3, 0.4) is 0 Å². The number of hydrogen-bond acceptors (Lipinski definition) is 5. The van der Waals surface area contributed by atoms with Crippen LogP contribution >= 0.6 is 0 Å². The minimum absolute atomic E-state index is 0.216. The standard InChI is InChI=1S/C9H17N3O7S/c1-2-11-20(18,19)4-3-10-9(17)12-6(8(15)16)5-7(13)14/h6,11H,2-5H2,1H3,(H,13,14)(H,15,16)(H2,10,12,17)/t6-/m0/s1. The van der Waals surface area contributed by atoms with Gasteiger partial charge in [-0.15, -0.1) is 0 Å². The smallest absolute Gasteiger partial charge is 0.326 e. The summed E-state index contributed by atoms with van der Waals surface area (Å²) in [6.45, 7) is 1.58. The average molecular weight is 311 g/mol. The van der Waals surface area contributed by atoms with Gasteiger partial charge in [0.25, 0.3) is 0 Å². The zero-order valence-electron chi connectivity index (χ0n) is 10.7. The van der Waals surface area contributed by atoms with Gasteiger partial charge in [-0.2, -0.15) is 0 Å². The lowest BCUT2D eigenvalue weighted by Crippen LogP contribution is -2.48. The second-order valence-electron chi connectivity index (χ2n) is 3.71. The quantitative estimate of drug-likeness (QED) is 0.334. The fourth-order valence-electron chi connectivity index (χ4n) is 1.17. The van der Waals surface area contributed by atoms with Gasteiger partial charge in [0.05, 0.1) is 12.2 Å². The van der Waals surface area contributed by atoms with Gasteiger partial charge in [0, 0.05) is 13.1 Å². The molecule has 0 spiro atoms. The summed E-state index contributed by atoms with van der Waals surface area (Å²) >= 11 is 0. The second kappa shape index (κ2) is 8.32. The molecule has 0 aromatic rings. The molecule has 0 aliphatic carbocycles. The van der Waals surface area contributed by atoms with E-state index in [1.54, 1.807) is 6.92 Å². The van der Waals surface area contributed by atoms with Crippen LogP contribution in [0.4, 0.5) is 4.79 Å². The number of amides is 2. The summed E-state index contributed by atoms with van der Waals surface area (Å²) in [6, 6.07) is -2.54. The zero-order valence-corrected chi connectivity index (χ0v) is 11.6. The first-order valence-electron chi connectivity index (χ1n) is 5.64. The Bertz CT molecular complexity index is 462. The zero-order chi connectivity index (χ0) is 15.8. The number of sulfonamides is 1. The Kier molecular flexibility index (Phi) is 7.54. The summed E-state index contributed by atoms with van der Waals surface area (Å²) in [5.74, 6) is -3.25. The van der Waals surface area contributed by atoms with Crippen molar-refractivity contribution in [1.82, 2.24) is 15.4 Å². The van der Waals surface area contributed by atoms with Crippen LogP contribution in [0.15, 0.2) is 0 Å². The van der Waals surface area contributed by atoms with E-state index in [1.165, 1.54) is 0 Å². The molecule has 0 aromatic heterocycles. The Balaban J connectivity index is 4.21. The van der Waals surface area contributed by atoms with E-state index in [9.17, 15) is 22.8 Å². The number of nitrogens with one attached hydrogen (secondary N) is 3. The molecule has 0 bridgehead atoms. The summed E-state index contributed by atoms with van der Waals surface area (Å²) in [4.78, 5) is 32.4. The second-order valence-corrected chi connectivity index (χ2v) is 5.63. The molecule has 5 N–H and O–H groups in total. The molecule has 2 amide bonds. The summed E-state index contributed by atoms with van der Waals surface area (Å²) in [5, 5.41) is 21.2. The number of urea groups is 1. The molecule has 0 aliphatic heterocycles. The maximum Gasteiger partial charge on any atom is 0.326 e. The molecule has 10 nitrogen and oxygen atoms in total. The van der Waals surface area contributed by atoms with Crippen molar-refractivity contribution in [3.8, 4) is 0 Å². The molecule has 0 saturated heterocycles. The highest BCUT2D eigenvalue weighted by Crippen LogP contribution is 1.92. The molecule has 0 rings (SSSR count). The highest BCUT2D eigenvalue weighted by Gasteiger charge is 2.22. The number of carboxylic acids is 2. The average Bonchev–Trinajstić information content (AvgIpc) is 2.26. The SMILES string of the molecule is CCNS(=O)(=O)CCNC(=O)N[C@@H](CC(=O)O)C(=O)O. The predicted octanol–water partition coefficient (Wildman–Crippen LogP) is -1.85. The number of carbonyl (C=O) groups is 3. The highest BCUT2D eigenvalue weighted by molar-refractivity contribution is 7.89. The number of hydrogen-bond donors (Lipinski definition) is 5. The minimum Gasteiger partial charge on any atom is -0.481 e. The topological polar surface area (TPSA) is 162 Å². The van der Waals surface area contributed by atoms with E-state index < -0.39 is 40.5 Å². The van der Waals surface area contributed by atoms with Gasteiger partial charge in [0.1, 0.15) is 6.04 Å². The number of rotatable bonds is 9. The van der Waals surface area contributed by atoms with Crippen LogP contribution in [0, 0.1) is 0 Å². The first kappa shape index (κ1) is 18.1. The Morgan fingerprint density at radius 3 is 2.25 bits per heavy atom. The van der Waals surface area contributed by atoms with Crippen molar-refractivity contribution in [2.75, 3.05) is 18.8 Å². The fraction of sp³-hybridized carbons (Fsp3) is 0.667. The molecule has 0 fully saturated rings. The van der Waals surface area contributed by atoms with Crippen LogP contribution in [0.25, 0.3) is 0 Å². The predicted molar refractivity (Wildman–Crippen MR) is 67.7 cm³/mol. The molecule has 1 atom stereocenters. The molecule has 0 radical (unpaired) electrons. The van der Waals surface area contributed by atoms with E-state index in [0.717, 1.165) is 0 Å². The fourth-order valence-corrected chi connectivity index (χ4v) is 2.13. The molecular formula is C9H17N3O7S. The Labute approximate surface area is 115 Å². The van der Waals surface area contributed by atoms with Gasteiger partial charge >= 0.3 is 18.0 Å². The summed E-state index contributed by atoms with van der Waals surface area (Å²) in [6.07, 6.45) is -0.779. The number of aliphatic carboxylic acids is 2. The maximum atomic E-state index is 11.3. The summed E-state index contributed by atoms with van der Waals surface area (Å²) in [7, 11) is -3.49. The van der Waals surface area contributed by atoms with Gasteiger partial charge in [0.15, 0.2) is 0 Å². The molecule has 0 unspecified atom stereocenters. The van der Waals surface area contributed by atoms with Gasteiger partial charge in [-0.3, -0.25) is 4.79 Å². The van der Waals surface area contributed by atoms with Crippen molar-refractivity contribution in [1.29, 1.82) is 0 Å². The lowest BCUT2D eigenvalue weighted by Gasteiger charge is -2.13. The van der Waals surface area contributed by atoms with Crippen LogP contribution in [0.1, 0.15) is 13.3 Å². The van der Waals surface area contributed by atoms with Crippen molar-refractivity contribution in [2.24, 2.45) is 0 Å². The minimum atomic E-state index is -3.49. The van der Waals surface area contributed by atoms with Gasteiger partial charge in [0.2, 0.25) is 10.0 Å². The van der Waals surface area contributed by atoms with Crippen LogP contribution in [0.2, 0.25) is 0 Å². The highest BCUT2D eigenvalue weighted by atomic mass is 32.2. The van der Waals surface area contributed by atoms with Gasteiger partial charge in [-0.1, -0.05) is 6.92 Å². The Hall–Kier alpha value is -1.88. The van der Waals surface area contributed by atoms with E-state index >= 15 is 0 Å². The van der Waals surface area contributed by atoms with E-state index in [2.05, 4.69) is 10.0 Å². The molecule has 0 aromatic carbocycles. The normalized spacial score (nSPS) is 12.4. The van der Waals surface area contributed by atoms with Crippen molar-refractivity contribution < 1.29 is 33.0 Å². The Morgan fingerprint density at radius 1 is 1.20 bits per heavy atom. The monoisotopic (exact) mass is 311 g/mol. The summed E-state index contributed by atoms with van der Waals surface area (Å²) in [5.41, 5.74) is 0. The van der Waals surface area contributed by atoms with Crippen molar-refractivity contribution in [3.63, 3.8) is 0 Å². The Morgan fingerprint density at radius 2 is 1.80 bits per heavy atom. The van der Waals surface area contributed by atoms with Gasteiger partial charge in [-0.05, 0) is 0 Å². The van der Waals surface area contributed by atoms with Crippen molar-refractivity contribution in [3.05, 3.63) is 0 Å². The van der Waals surface area contributed by atoms with Crippen molar-refractivity contribution >= 4 is 28.0 Å². The van der Waals surface area contributed by atoms with Gasteiger partial charge in [-0.25, -0.2) is 22.7 Å². The summed E-state index contributed by atoms with van der Waals surface area (Å²) < 4.78 is 24.7. The third-order valence-electron chi connectivity index (χ3n) is 2.00. The molecular weight excluding hydrogens is 294 g/mol. The lowest BCUT2D eigenvalue weighted by atomic mass is 10.2. The first-order chi connectivity index (χ1) is 9.18. The largest absolute Gasteiger partial charge is 0.481 e. The molecule has 0 saturated carbocycles. The molecule has 0 aliphatic rings. The molecule has 0 heterocycles. The van der Waals surface area contributed by atoms with Crippen molar-refractivity contribution in [2.45, 2.75) is 19.4 Å². The van der Waals surface area contributed by atoms with Crippen LogP contribution in [-0.4, -0.2) is 61.5 Å². The molecule has 116 valence electrons. The first-order valence-corrected chi connectivity index (χ1v) is 7.29. The van der Waals surface area contributed by atoms with E-state index in [0.29, 0.717) is 0 Å². The van der Waals surface area contributed by atoms with E-state index in [1.807, 2.05) is 5.32 Å². The third kappa shape index (κ3) is 8.26. The number of carboxylic acid groups (broad SMARTS) is 2. The van der Waals surface area contributed by atoms with Crippen LogP contribution < -0.4 is 15.4 Å².